The van der Waals surface area contributed by atoms with E-state index in [1.165, 1.54) is 17.2 Å². The zero-order chi connectivity index (χ0) is 25.7. The third kappa shape index (κ3) is 4.25. The van der Waals surface area contributed by atoms with Crippen molar-refractivity contribution >= 4 is 22.6 Å². The fraction of sp³-hybridized carbons (Fsp3) is 0.345. The van der Waals surface area contributed by atoms with E-state index in [-0.39, 0.29) is 11.5 Å². The molecular weight excluding hydrogens is 469 g/mol. The van der Waals surface area contributed by atoms with Gasteiger partial charge < -0.3 is 14.6 Å². The Kier molecular flexibility index (Phi) is 5.91. The van der Waals surface area contributed by atoms with Gasteiger partial charge in [-0.3, -0.25) is 9.88 Å². The number of aryl methyl sites for hydroxylation is 1. The molecule has 1 N–H and O–H groups in total. The lowest BCUT2D eigenvalue weighted by molar-refractivity contribution is 0.0689. The van der Waals surface area contributed by atoms with Crippen molar-refractivity contribution in [3.05, 3.63) is 82.8 Å². The van der Waals surface area contributed by atoms with Gasteiger partial charge in [0, 0.05) is 55.1 Å². The third-order valence-corrected chi connectivity index (χ3v) is 7.85. The molecule has 0 spiro atoms. The van der Waals surface area contributed by atoms with Crippen LogP contribution < -0.4 is 4.90 Å². The highest BCUT2D eigenvalue weighted by Gasteiger charge is 2.27. The molecule has 4 aromatic rings. The Hall–Kier alpha value is -3.78. The molecule has 1 fully saturated rings. The van der Waals surface area contributed by atoms with Gasteiger partial charge in [0.2, 0.25) is 0 Å². The van der Waals surface area contributed by atoms with Crippen LogP contribution in [0.15, 0.2) is 48.8 Å². The number of benzene rings is 2. The molecule has 1 unspecified atom stereocenters. The molecule has 0 aliphatic carbocycles. The number of pyridine rings is 1. The molecule has 2 aromatic carbocycles. The molecule has 7 nitrogen and oxygen atoms in total. The minimum Gasteiger partial charge on any atom is -0.476 e. The number of piperazine rings is 1. The van der Waals surface area contributed by atoms with Crippen LogP contribution in [0.5, 0.6) is 0 Å². The van der Waals surface area contributed by atoms with Crippen molar-refractivity contribution in [3.63, 3.8) is 0 Å². The summed E-state index contributed by atoms with van der Waals surface area (Å²) in [6.45, 7) is 7.67. The maximum atomic E-state index is 14.4. The highest BCUT2D eigenvalue weighted by Crippen LogP contribution is 2.31. The molecule has 0 amide bonds. The standard InChI is InChI=1S/C29H30FN5O2/c1-18-6-7-23-24(32-18)14-21(30)15-27(23)34-13-12-33(19(2)16-34)11-10-20-4-3-5-25-22(20)8-9-26-28(29(36)37)31-17-35(25)26/h3-7,14-15,17,19H,8-13,16H2,1-2H3,(H,36,37). The second-order valence-electron chi connectivity index (χ2n) is 10.2. The summed E-state index contributed by atoms with van der Waals surface area (Å²) in [7, 11) is 0. The molecule has 190 valence electrons. The molecule has 2 aliphatic heterocycles. The molecule has 8 heteroatoms. The van der Waals surface area contributed by atoms with E-state index in [4.69, 9.17) is 0 Å². The number of imidazole rings is 1. The van der Waals surface area contributed by atoms with Gasteiger partial charge in [0.05, 0.1) is 16.9 Å². The third-order valence-electron chi connectivity index (χ3n) is 7.85. The first-order valence-corrected chi connectivity index (χ1v) is 12.9. The van der Waals surface area contributed by atoms with Crippen LogP contribution >= 0.6 is 0 Å². The molecule has 4 heterocycles. The van der Waals surface area contributed by atoms with Gasteiger partial charge in [-0.15, -0.1) is 0 Å². The lowest BCUT2D eigenvalue weighted by Crippen LogP contribution is -2.52. The zero-order valence-electron chi connectivity index (χ0n) is 21.1. The first-order chi connectivity index (χ1) is 17.9. The second-order valence-corrected chi connectivity index (χ2v) is 10.2. The van der Waals surface area contributed by atoms with Crippen LogP contribution in [0.1, 0.15) is 39.9 Å². The van der Waals surface area contributed by atoms with Gasteiger partial charge >= 0.3 is 5.97 Å². The predicted molar refractivity (Wildman–Crippen MR) is 141 cm³/mol. The van der Waals surface area contributed by atoms with E-state index in [0.29, 0.717) is 18.0 Å². The Balaban J connectivity index is 1.17. The average Bonchev–Trinajstić information content (AvgIpc) is 3.32. The Labute approximate surface area is 215 Å². The van der Waals surface area contributed by atoms with E-state index >= 15 is 0 Å². The fourth-order valence-electron chi connectivity index (χ4n) is 5.97. The number of anilines is 1. The molecule has 0 saturated carbocycles. The van der Waals surface area contributed by atoms with E-state index in [1.807, 2.05) is 23.6 Å². The van der Waals surface area contributed by atoms with Crippen molar-refractivity contribution in [1.29, 1.82) is 0 Å². The van der Waals surface area contributed by atoms with Crippen molar-refractivity contribution in [2.45, 2.75) is 39.2 Å². The normalized spacial score (nSPS) is 17.6. The van der Waals surface area contributed by atoms with Gasteiger partial charge in [0.1, 0.15) is 12.1 Å². The smallest absolute Gasteiger partial charge is 0.356 e. The lowest BCUT2D eigenvalue weighted by Gasteiger charge is -2.41. The highest BCUT2D eigenvalue weighted by molar-refractivity contribution is 5.92. The molecule has 6 rings (SSSR count). The summed E-state index contributed by atoms with van der Waals surface area (Å²) >= 11 is 0. The number of nitrogens with zero attached hydrogens (tertiary/aromatic N) is 5. The monoisotopic (exact) mass is 499 g/mol. The van der Waals surface area contributed by atoms with E-state index in [1.54, 1.807) is 12.4 Å². The first kappa shape index (κ1) is 23.6. The quantitative estimate of drug-likeness (QED) is 0.438. The number of aromatic carboxylic acids is 1. The van der Waals surface area contributed by atoms with E-state index in [0.717, 1.165) is 67.2 Å². The van der Waals surface area contributed by atoms with Crippen LogP contribution in [0.3, 0.4) is 0 Å². The predicted octanol–water partition coefficient (Wildman–Crippen LogP) is 4.42. The lowest BCUT2D eigenvalue weighted by atomic mass is 9.94. The number of fused-ring (bicyclic) bond motifs is 4. The summed E-state index contributed by atoms with van der Waals surface area (Å²) < 4.78 is 16.4. The Bertz CT molecular complexity index is 1510. The van der Waals surface area contributed by atoms with Crippen LogP contribution in [0.25, 0.3) is 16.6 Å². The molecule has 0 radical (unpaired) electrons. The first-order valence-electron chi connectivity index (χ1n) is 12.9. The minimum atomic E-state index is -0.973. The number of carboxylic acid groups (broad SMARTS) is 1. The van der Waals surface area contributed by atoms with Crippen molar-refractivity contribution in [3.8, 4) is 5.69 Å². The summed E-state index contributed by atoms with van der Waals surface area (Å²) in [5.74, 6) is -1.22. The number of hydrogen-bond donors (Lipinski definition) is 1. The van der Waals surface area contributed by atoms with Crippen molar-refractivity contribution in [2.75, 3.05) is 31.1 Å². The molecule has 1 atom stereocenters. The van der Waals surface area contributed by atoms with Gasteiger partial charge in [-0.25, -0.2) is 14.2 Å². The second kappa shape index (κ2) is 9.27. The minimum absolute atomic E-state index is 0.153. The van der Waals surface area contributed by atoms with Gasteiger partial charge in [0.15, 0.2) is 5.69 Å². The molecule has 2 aromatic heterocycles. The summed E-state index contributed by atoms with van der Waals surface area (Å²) in [6, 6.07) is 13.8. The molecule has 0 bridgehead atoms. The van der Waals surface area contributed by atoms with E-state index < -0.39 is 5.97 Å². The Morgan fingerprint density at radius 3 is 2.81 bits per heavy atom. The molecular formula is C29H30FN5O2. The molecule has 37 heavy (non-hydrogen) atoms. The number of aromatic nitrogens is 3. The van der Waals surface area contributed by atoms with Crippen molar-refractivity contribution in [1.82, 2.24) is 19.4 Å². The Morgan fingerprint density at radius 2 is 2.00 bits per heavy atom. The number of carbonyl (C=O) groups is 1. The zero-order valence-corrected chi connectivity index (χ0v) is 21.1. The largest absolute Gasteiger partial charge is 0.476 e. The van der Waals surface area contributed by atoms with Crippen molar-refractivity contribution < 1.29 is 14.3 Å². The van der Waals surface area contributed by atoms with E-state index in [2.05, 4.69) is 44.9 Å². The maximum absolute atomic E-state index is 14.4. The number of halogens is 1. The molecule has 2 aliphatic rings. The van der Waals surface area contributed by atoms with Gasteiger partial charge in [0.25, 0.3) is 0 Å². The average molecular weight is 500 g/mol. The maximum Gasteiger partial charge on any atom is 0.356 e. The highest BCUT2D eigenvalue weighted by atomic mass is 19.1. The molecule has 1 saturated heterocycles. The van der Waals surface area contributed by atoms with E-state index in [9.17, 15) is 14.3 Å². The fourth-order valence-corrected chi connectivity index (χ4v) is 5.97. The topological polar surface area (TPSA) is 74.5 Å². The van der Waals surface area contributed by atoms with Gasteiger partial charge in [-0.05, 0) is 68.5 Å². The number of hydrogen-bond acceptors (Lipinski definition) is 5. The SMILES string of the molecule is Cc1ccc2c(N3CCN(CCc4cccc5c4CCc4c(C(=O)O)ncn4-5)C(C)C3)cc(F)cc2n1. The Morgan fingerprint density at radius 1 is 1.14 bits per heavy atom. The summed E-state index contributed by atoms with van der Waals surface area (Å²) in [4.78, 5) is 25.0. The summed E-state index contributed by atoms with van der Waals surface area (Å²) in [5, 5.41) is 10.4. The van der Waals surface area contributed by atoms with Gasteiger partial charge in [-0.1, -0.05) is 12.1 Å². The van der Waals surface area contributed by atoms with Crippen LogP contribution in [0.2, 0.25) is 0 Å². The van der Waals surface area contributed by atoms with Crippen LogP contribution in [0.4, 0.5) is 10.1 Å². The van der Waals surface area contributed by atoms with Crippen LogP contribution in [-0.4, -0.2) is 62.7 Å². The summed E-state index contributed by atoms with van der Waals surface area (Å²) in [6.07, 6.45) is 4.06. The van der Waals surface area contributed by atoms with Crippen LogP contribution in [-0.2, 0) is 19.3 Å². The van der Waals surface area contributed by atoms with Crippen molar-refractivity contribution in [2.24, 2.45) is 0 Å². The summed E-state index contributed by atoms with van der Waals surface area (Å²) in [5.41, 5.74) is 7.07. The number of carboxylic acids is 1. The number of rotatable bonds is 5. The van der Waals surface area contributed by atoms with Gasteiger partial charge in [-0.2, -0.15) is 0 Å². The van der Waals surface area contributed by atoms with Crippen LogP contribution in [0, 0.1) is 12.7 Å².